The third-order valence-electron chi connectivity index (χ3n) is 3.50. The summed E-state index contributed by atoms with van der Waals surface area (Å²) in [7, 11) is -3.42. The lowest BCUT2D eigenvalue weighted by Crippen LogP contribution is -2.37. The molecule has 1 aromatic carbocycles. The third kappa shape index (κ3) is 3.89. The molecule has 120 valence electrons. The summed E-state index contributed by atoms with van der Waals surface area (Å²) in [5.74, 6) is 1.08. The van der Waals surface area contributed by atoms with E-state index in [-0.39, 0.29) is 0 Å². The van der Waals surface area contributed by atoms with Gasteiger partial charge in [-0.2, -0.15) is 0 Å². The van der Waals surface area contributed by atoms with Gasteiger partial charge in [0.1, 0.15) is 0 Å². The summed E-state index contributed by atoms with van der Waals surface area (Å²) in [6.07, 6.45) is -0.0313. The van der Waals surface area contributed by atoms with Crippen molar-refractivity contribution in [1.82, 2.24) is 0 Å². The number of ether oxygens (including phenoxy) is 2. The van der Waals surface area contributed by atoms with Gasteiger partial charge in [0.2, 0.25) is 0 Å². The maximum absolute atomic E-state index is 11.8. The van der Waals surface area contributed by atoms with Crippen LogP contribution in [0.1, 0.15) is 39.4 Å². The molecule has 0 amide bonds. The molecular weight excluding hydrogens is 292 g/mol. The van der Waals surface area contributed by atoms with E-state index in [2.05, 4.69) is 0 Å². The van der Waals surface area contributed by atoms with Crippen molar-refractivity contribution >= 4 is 9.84 Å². The molecule has 0 aliphatic rings. The van der Waals surface area contributed by atoms with Crippen LogP contribution in [0.3, 0.4) is 0 Å². The van der Waals surface area contributed by atoms with Crippen LogP contribution in [0, 0.1) is 0 Å². The average Bonchev–Trinajstić information content (AvgIpc) is 2.39. The maximum Gasteiger partial charge on any atom is 0.161 e. The Morgan fingerprint density at radius 2 is 1.67 bits per heavy atom. The molecule has 0 aromatic heterocycles. The first-order valence-electron chi connectivity index (χ1n) is 6.92. The highest BCUT2D eigenvalue weighted by atomic mass is 32.2. The smallest absolute Gasteiger partial charge is 0.161 e. The fourth-order valence-electron chi connectivity index (χ4n) is 1.84. The highest BCUT2D eigenvalue weighted by Crippen LogP contribution is 2.36. The zero-order valence-corrected chi connectivity index (χ0v) is 14.0. The summed E-state index contributed by atoms with van der Waals surface area (Å²) in [5, 5.41) is 10.4. The van der Waals surface area contributed by atoms with Crippen LogP contribution in [0.25, 0.3) is 0 Å². The van der Waals surface area contributed by atoms with Crippen LogP contribution >= 0.6 is 0 Å². The Labute approximate surface area is 126 Å². The number of hydrogen-bond donors (Lipinski definition) is 1. The van der Waals surface area contributed by atoms with E-state index in [1.54, 1.807) is 18.2 Å². The summed E-state index contributed by atoms with van der Waals surface area (Å²) in [4.78, 5) is 0. The summed E-state index contributed by atoms with van der Waals surface area (Å²) < 4.78 is 33.3. The molecule has 0 aliphatic heterocycles. The van der Waals surface area contributed by atoms with Crippen molar-refractivity contribution in [2.24, 2.45) is 0 Å². The molecule has 1 aromatic rings. The Morgan fingerprint density at radius 3 is 2.14 bits per heavy atom. The lowest BCUT2D eigenvalue weighted by Gasteiger charge is -2.29. The molecule has 1 atom stereocenters. The molecule has 0 fully saturated rings. The predicted molar refractivity (Wildman–Crippen MR) is 82.7 cm³/mol. The molecule has 0 radical (unpaired) electrons. The third-order valence-corrected chi connectivity index (χ3v) is 5.63. The van der Waals surface area contributed by atoms with E-state index in [0.29, 0.717) is 30.3 Å². The van der Waals surface area contributed by atoms with Crippen molar-refractivity contribution in [3.05, 3.63) is 23.8 Å². The van der Waals surface area contributed by atoms with Crippen molar-refractivity contribution in [2.45, 2.75) is 38.5 Å². The first kappa shape index (κ1) is 17.8. The second kappa shape index (κ2) is 6.66. The Kier molecular flexibility index (Phi) is 5.64. The van der Waals surface area contributed by atoms with Crippen LogP contribution in [-0.2, 0) is 9.84 Å². The van der Waals surface area contributed by atoms with Crippen LogP contribution in [-0.4, -0.2) is 37.7 Å². The molecule has 21 heavy (non-hydrogen) atoms. The number of aliphatic hydroxyl groups is 1. The first-order chi connectivity index (χ1) is 9.65. The van der Waals surface area contributed by atoms with Crippen molar-refractivity contribution in [3.63, 3.8) is 0 Å². The van der Waals surface area contributed by atoms with Gasteiger partial charge in [0.05, 0.1) is 24.1 Å². The Hall–Kier alpha value is -1.27. The lowest BCUT2D eigenvalue weighted by molar-refractivity contribution is 0.139. The van der Waals surface area contributed by atoms with Crippen molar-refractivity contribution < 1.29 is 23.0 Å². The molecule has 5 nitrogen and oxygen atoms in total. The summed E-state index contributed by atoms with van der Waals surface area (Å²) >= 11 is 0. The van der Waals surface area contributed by atoms with E-state index < -0.39 is 20.7 Å². The molecule has 6 heteroatoms. The number of aliphatic hydroxyl groups excluding tert-OH is 1. The molecule has 0 heterocycles. The minimum Gasteiger partial charge on any atom is -0.490 e. The van der Waals surface area contributed by atoms with Gasteiger partial charge in [-0.15, -0.1) is 0 Å². The zero-order chi connectivity index (χ0) is 16.3. The Bertz CT molecular complexity index is 578. The highest BCUT2D eigenvalue weighted by molar-refractivity contribution is 7.92. The molecule has 0 saturated heterocycles. The second-order valence-electron chi connectivity index (χ2n) is 5.35. The molecule has 0 bridgehead atoms. The van der Waals surface area contributed by atoms with E-state index in [0.717, 1.165) is 6.26 Å². The van der Waals surface area contributed by atoms with Gasteiger partial charge in [0.15, 0.2) is 21.3 Å². The molecule has 1 N–H and O–H groups in total. The summed E-state index contributed by atoms with van der Waals surface area (Å²) in [6, 6.07) is 4.97. The minimum absolute atomic E-state index is 0.453. The first-order valence-corrected chi connectivity index (χ1v) is 8.81. The molecule has 0 aliphatic carbocycles. The van der Waals surface area contributed by atoms with Crippen LogP contribution in [0.2, 0.25) is 0 Å². The number of hydrogen-bond acceptors (Lipinski definition) is 5. The van der Waals surface area contributed by atoms with E-state index in [4.69, 9.17) is 9.47 Å². The average molecular weight is 316 g/mol. The molecular formula is C15H24O5S. The van der Waals surface area contributed by atoms with E-state index in [1.165, 1.54) is 13.8 Å². The van der Waals surface area contributed by atoms with Crippen molar-refractivity contribution in [2.75, 3.05) is 19.5 Å². The summed E-state index contributed by atoms with van der Waals surface area (Å²) in [5.41, 5.74) is 0.484. The predicted octanol–water partition coefficient (Wildman–Crippen LogP) is 2.34. The SMILES string of the molecule is CCOc1ccc(C(O)C(C)(C)S(C)(=O)=O)cc1OCC. The normalized spacial score (nSPS) is 13.8. The number of rotatable bonds is 7. The minimum atomic E-state index is -3.42. The fraction of sp³-hybridized carbons (Fsp3) is 0.600. The lowest BCUT2D eigenvalue weighted by atomic mass is 9.98. The monoisotopic (exact) mass is 316 g/mol. The van der Waals surface area contributed by atoms with Crippen LogP contribution in [0.5, 0.6) is 11.5 Å². The highest BCUT2D eigenvalue weighted by Gasteiger charge is 2.39. The van der Waals surface area contributed by atoms with Crippen LogP contribution in [0.15, 0.2) is 18.2 Å². The van der Waals surface area contributed by atoms with Crippen molar-refractivity contribution in [3.8, 4) is 11.5 Å². The van der Waals surface area contributed by atoms with Gasteiger partial charge in [-0.3, -0.25) is 0 Å². The fourth-order valence-corrected chi connectivity index (χ4v) is 2.38. The molecule has 0 spiro atoms. The van der Waals surface area contributed by atoms with Crippen molar-refractivity contribution in [1.29, 1.82) is 0 Å². The van der Waals surface area contributed by atoms with E-state index >= 15 is 0 Å². The molecule has 1 unspecified atom stereocenters. The number of benzene rings is 1. The van der Waals surface area contributed by atoms with Gasteiger partial charge in [-0.25, -0.2) is 8.42 Å². The van der Waals surface area contributed by atoms with Gasteiger partial charge in [-0.1, -0.05) is 6.07 Å². The van der Waals surface area contributed by atoms with Crippen LogP contribution in [0.4, 0.5) is 0 Å². The van der Waals surface area contributed by atoms with E-state index in [1.807, 2.05) is 13.8 Å². The quantitative estimate of drug-likeness (QED) is 0.836. The standard InChI is InChI=1S/C15H24O5S/c1-6-19-12-9-8-11(10-13(12)20-7-2)14(16)15(3,4)21(5,17)18/h8-10,14,16H,6-7H2,1-5H3. The maximum atomic E-state index is 11.8. The van der Waals surface area contributed by atoms with Gasteiger partial charge < -0.3 is 14.6 Å². The van der Waals surface area contributed by atoms with Gasteiger partial charge in [0.25, 0.3) is 0 Å². The van der Waals surface area contributed by atoms with Gasteiger partial charge in [-0.05, 0) is 45.4 Å². The topological polar surface area (TPSA) is 72.8 Å². The Balaban J connectivity index is 3.22. The molecule has 1 rings (SSSR count). The Morgan fingerprint density at radius 1 is 1.14 bits per heavy atom. The molecule has 0 saturated carbocycles. The second-order valence-corrected chi connectivity index (χ2v) is 7.95. The van der Waals surface area contributed by atoms with Gasteiger partial charge >= 0.3 is 0 Å². The van der Waals surface area contributed by atoms with E-state index in [9.17, 15) is 13.5 Å². The summed E-state index contributed by atoms with van der Waals surface area (Å²) in [6.45, 7) is 7.67. The number of sulfone groups is 1. The zero-order valence-electron chi connectivity index (χ0n) is 13.2. The van der Waals surface area contributed by atoms with Crippen LogP contribution < -0.4 is 9.47 Å². The van der Waals surface area contributed by atoms with Gasteiger partial charge in [0, 0.05) is 6.26 Å². The largest absolute Gasteiger partial charge is 0.490 e.